The van der Waals surface area contributed by atoms with Gasteiger partial charge in [0.15, 0.2) is 0 Å². The Kier molecular flexibility index (Phi) is 1.78. The number of carbonyl (C=O) groups excluding carboxylic acids is 2. The lowest BCUT2D eigenvalue weighted by Crippen LogP contribution is -2.75. The van der Waals surface area contributed by atoms with E-state index in [0.717, 1.165) is 25.7 Å². The van der Waals surface area contributed by atoms with Crippen molar-refractivity contribution in [3.8, 4) is 0 Å². The van der Waals surface area contributed by atoms with Crippen LogP contribution >= 0.6 is 0 Å². The standard InChI is InChI=1S/C16H20O4/c17-13(18)15-4-10-8-1-7-2-9(10)12(6-15)16(3-7,14(19)20)11(8)5-15/h7-12H,1-6H2,(H,17,18)(H,19,20)/p-2. The molecule has 7 aliphatic rings. The van der Waals surface area contributed by atoms with Gasteiger partial charge in [0.05, 0.1) is 0 Å². The summed E-state index contributed by atoms with van der Waals surface area (Å²) in [6.45, 7) is 0. The van der Waals surface area contributed by atoms with Gasteiger partial charge in [-0.25, -0.2) is 0 Å². The van der Waals surface area contributed by atoms with E-state index in [-0.39, 0.29) is 11.8 Å². The number of hydrogen-bond donors (Lipinski definition) is 0. The predicted octanol–water partition coefficient (Wildman–Crippen LogP) is -0.435. The molecule has 7 rings (SSSR count). The second-order valence-corrected chi connectivity index (χ2v) is 8.25. The van der Waals surface area contributed by atoms with Gasteiger partial charge in [0.1, 0.15) is 0 Å². The number of aliphatic carboxylic acids is 2. The number of carboxylic acid groups (broad SMARTS) is 2. The van der Waals surface area contributed by atoms with E-state index in [9.17, 15) is 19.8 Å². The van der Waals surface area contributed by atoms with Crippen molar-refractivity contribution in [2.75, 3.05) is 0 Å². The zero-order valence-electron chi connectivity index (χ0n) is 11.3. The minimum absolute atomic E-state index is 0.0377. The summed E-state index contributed by atoms with van der Waals surface area (Å²) in [5.74, 6) is 0.114. The van der Waals surface area contributed by atoms with Crippen LogP contribution in [-0.2, 0) is 9.59 Å². The average Bonchev–Trinajstić information content (AvgIpc) is 2.43. The summed E-state index contributed by atoms with van der Waals surface area (Å²) in [6, 6.07) is 0. The van der Waals surface area contributed by atoms with Crippen molar-refractivity contribution >= 4 is 11.9 Å². The SMILES string of the molecule is O=C([O-])C12CC3C4CC5CC3C(C1)C(C(=O)[O-])(C5)C4C2. The van der Waals surface area contributed by atoms with Crippen molar-refractivity contribution in [2.45, 2.75) is 38.5 Å². The monoisotopic (exact) mass is 274 g/mol. The quantitative estimate of drug-likeness (QED) is 0.684. The Labute approximate surface area is 117 Å². The molecule has 0 radical (unpaired) electrons. The minimum atomic E-state index is -0.931. The molecule has 4 nitrogen and oxygen atoms in total. The number of hydrogen-bond acceptors (Lipinski definition) is 4. The average molecular weight is 274 g/mol. The Bertz CT molecular complexity index is 515. The highest BCUT2D eigenvalue weighted by Crippen LogP contribution is 2.78. The zero-order valence-corrected chi connectivity index (χ0v) is 11.3. The van der Waals surface area contributed by atoms with Crippen molar-refractivity contribution in [3.05, 3.63) is 0 Å². The first-order valence-corrected chi connectivity index (χ1v) is 7.91. The summed E-state index contributed by atoms with van der Waals surface area (Å²) in [4.78, 5) is 23.7. The lowest BCUT2D eigenvalue weighted by atomic mass is 9.28. The molecule has 0 aromatic rings. The van der Waals surface area contributed by atoms with Gasteiger partial charge in [-0.05, 0) is 74.0 Å². The van der Waals surface area contributed by atoms with Crippen LogP contribution in [0.2, 0.25) is 0 Å². The molecule has 108 valence electrons. The first-order chi connectivity index (χ1) is 9.48. The summed E-state index contributed by atoms with van der Waals surface area (Å²) < 4.78 is 0. The molecule has 7 saturated carbocycles. The van der Waals surface area contributed by atoms with Crippen molar-refractivity contribution < 1.29 is 19.8 Å². The third-order valence-electron chi connectivity index (χ3n) is 7.96. The van der Waals surface area contributed by atoms with Gasteiger partial charge in [-0.1, -0.05) is 0 Å². The van der Waals surface area contributed by atoms with Gasteiger partial charge in [-0.2, -0.15) is 0 Å². The highest BCUT2D eigenvalue weighted by Gasteiger charge is 2.73. The minimum Gasteiger partial charge on any atom is -0.550 e. The van der Waals surface area contributed by atoms with Crippen molar-refractivity contribution in [3.63, 3.8) is 0 Å². The molecule has 0 N–H and O–H groups in total. The van der Waals surface area contributed by atoms with Crippen LogP contribution in [-0.4, -0.2) is 11.9 Å². The van der Waals surface area contributed by atoms with Crippen LogP contribution in [0.15, 0.2) is 0 Å². The normalized spacial score (nSPS) is 61.0. The van der Waals surface area contributed by atoms with E-state index in [1.165, 1.54) is 0 Å². The smallest absolute Gasteiger partial charge is 0.0482 e. The van der Waals surface area contributed by atoms with Gasteiger partial charge >= 0.3 is 0 Å². The second kappa shape index (κ2) is 3.07. The Morgan fingerprint density at radius 2 is 1.40 bits per heavy atom. The van der Waals surface area contributed by atoms with Crippen LogP contribution < -0.4 is 10.2 Å². The summed E-state index contributed by atoms with van der Waals surface area (Å²) in [5.41, 5.74) is -1.43. The lowest BCUT2D eigenvalue weighted by molar-refractivity contribution is -0.369. The maximum atomic E-state index is 12.0. The van der Waals surface area contributed by atoms with Gasteiger partial charge in [0.2, 0.25) is 0 Å². The molecular formula is C16H18O4-2. The van der Waals surface area contributed by atoms with Crippen molar-refractivity contribution in [1.82, 2.24) is 0 Å². The summed E-state index contributed by atoms with van der Waals surface area (Å²) in [6.07, 6.45) is 4.79. The van der Waals surface area contributed by atoms with Gasteiger partial charge < -0.3 is 19.8 Å². The molecule has 0 saturated heterocycles. The number of rotatable bonds is 2. The fourth-order valence-corrected chi connectivity index (χ4v) is 7.59. The molecule has 4 unspecified atom stereocenters. The molecule has 4 heteroatoms. The Hall–Kier alpha value is -1.06. The molecule has 0 aromatic heterocycles. The molecule has 8 bridgehead atoms. The van der Waals surface area contributed by atoms with Crippen LogP contribution in [0.1, 0.15) is 38.5 Å². The maximum absolute atomic E-state index is 12.0. The second-order valence-electron chi connectivity index (χ2n) is 8.25. The first-order valence-electron chi connectivity index (χ1n) is 7.91. The summed E-state index contributed by atoms with van der Waals surface area (Å²) >= 11 is 0. The predicted molar refractivity (Wildman–Crippen MR) is 63.5 cm³/mol. The molecule has 0 aromatic carbocycles. The molecule has 0 aliphatic heterocycles. The van der Waals surface area contributed by atoms with E-state index >= 15 is 0 Å². The van der Waals surface area contributed by atoms with E-state index < -0.39 is 22.8 Å². The molecule has 0 heterocycles. The van der Waals surface area contributed by atoms with E-state index in [1.54, 1.807) is 0 Å². The van der Waals surface area contributed by atoms with E-state index in [1.807, 2.05) is 0 Å². The lowest BCUT2D eigenvalue weighted by Gasteiger charge is -2.77. The number of carboxylic acids is 2. The highest BCUT2D eigenvalue weighted by atomic mass is 16.4. The molecule has 20 heavy (non-hydrogen) atoms. The van der Waals surface area contributed by atoms with Gasteiger partial charge in [-0.15, -0.1) is 0 Å². The van der Waals surface area contributed by atoms with Gasteiger partial charge in [0, 0.05) is 22.8 Å². The fraction of sp³-hybridized carbons (Fsp3) is 0.875. The highest BCUT2D eigenvalue weighted by molar-refractivity contribution is 5.78. The molecule has 4 atom stereocenters. The fourth-order valence-electron chi connectivity index (χ4n) is 7.59. The zero-order chi connectivity index (χ0) is 13.9. The number of carbonyl (C=O) groups is 2. The largest absolute Gasteiger partial charge is 0.550 e. The first kappa shape index (κ1) is 11.6. The third-order valence-corrected chi connectivity index (χ3v) is 7.96. The van der Waals surface area contributed by atoms with E-state index in [0.29, 0.717) is 36.5 Å². The molecule has 0 amide bonds. The van der Waals surface area contributed by atoms with Crippen LogP contribution in [0.3, 0.4) is 0 Å². The topological polar surface area (TPSA) is 80.3 Å². The Morgan fingerprint density at radius 1 is 0.800 bits per heavy atom. The molecule has 7 aliphatic carbocycles. The third kappa shape index (κ3) is 0.961. The van der Waals surface area contributed by atoms with Crippen molar-refractivity contribution in [1.29, 1.82) is 0 Å². The Morgan fingerprint density at radius 3 is 1.90 bits per heavy atom. The van der Waals surface area contributed by atoms with Gasteiger partial charge in [-0.3, -0.25) is 0 Å². The molecular weight excluding hydrogens is 256 g/mol. The van der Waals surface area contributed by atoms with Crippen LogP contribution in [0.25, 0.3) is 0 Å². The van der Waals surface area contributed by atoms with E-state index in [2.05, 4.69) is 0 Å². The van der Waals surface area contributed by atoms with Crippen LogP contribution in [0, 0.1) is 46.3 Å². The Balaban J connectivity index is 1.71. The summed E-state index contributed by atoms with van der Waals surface area (Å²) in [5, 5.41) is 23.7. The molecule has 7 fully saturated rings. The molecule has 0 spiro atoms. The maximum Gasteiger partial charge on any atom is 0.0482 e. The van der Waals surface area contributed by atoms with E-state index in [4.69, 9.17) is 0 Å². The van der Waals surface area contributed by atoms with Gasteiger partial charge in [0.25, 0.3) is 0 Å². The van der Waals surface area contributed by atoms with Crippen molar-refractivity contribution in [2.24, 2.45) is 46.3 Å². The van der Waals surface area contributed by atoms with Crippen LogP contribution in [0.5, 0.6) is 0 Å². The van der Waals surface area contributed by atoms with Crippen LogP contribution in [0.4, 0.5) is 0 Å². The summed E-state index contributed by atoms with van der Waals surface area (Å²) in [7, 11) is 0.